The van der Waals surface area contributed by atoms with Crippen LogP contribution < -0.4 is 5.32 Å². The Morgan fingerprint density at radius 3 is 3.00 bits per heavy atom. The first kappa shape index (κ1) is 17.0. The van der Waals surface area contributed by atoms with E-state index >= 15 is 0 Å². The van der Waals surface area contributed by atoms with Gasteiger partial charge in [0.1, 0.15) is 11.9 Å². The minimum Gasteiger partial charge on any atom is -0.394 e. The molecule has 2 atom stereocenters. The zero-order valence-corrected chi connectivity index (χ0v) is 14.2. The monoisotopic (exact) mass is 349 g/mol. The number of rotatable bonds is 5. The van der Waals surface area contributed by atoms with Crippen LogP contribution in [0.3, 0.4) is 0 Å². The van der Waals surface area contributed by atoms with Crippen molar-refractivity contribution in [1.29, 1.82) is 0 Å². The maximum atomic E-state index is 12.4. The minimum atomic E-state index is -0.447. The Labute approximate surface area is 145 Å². The minimum absolute atomic E-state index is 0.0735. The average molecular weight is 350 g/mol. The van der Waals surface area contributed by atoms with Gasteiger partial charge in [-0.15, -0.1) is 0 Å². The van der Waals surface area contributed by atoms with Gasteiger partial charge in [-0.1, -0.05) is 30.7 Å². The molecule has 1 aliphatic rings. The Kier molecular flexibility index (Phi) is 5.18. The van der Waals surface area contributed by atoms with Gasteiger partial charge in [0.2, 0.25) is 0 Å². The lowest BCUT2D eigenvalue weighted by atomic mass is 10.0. The lowest BCUT2D eigenvalue weighted by Crippen LogP contribution is -2.32. The number of halogens is 1. The molecule has 1 fully saturated rings. The Morgan fingerprint density at radius 1 is 1.50 bits per heavy atom. The van der Waals surface area contributed by atoms with Crippen LogP contribution in [0.1, 0.15) is 13.3 Å². The summed E-state index contributed by atoms with van der Waals surface area (Å²) in [5, 5.41) is 17.2. The number of aliphatic hydroxyl groups is 1. The third-order valence-corrected chi connectivity index (χ3v) is 4.34. The van der Waals surface area contributed by atoms with Crippen molar-refractivity contribution in [2.45, 2.75) is 26.0 Å². The van der Waals surface area contributed by atoms with Gasteiger partial charge in [-0.3, -0.25) is 4.79 Å². The number of anilines is 1. The summed E-state index contributed by atoms with van der Waals surface area (Å²) < 4.78 is 7.07. The molecule has 2 unspecified atom stereocenters. The van der Waals surface area contributed by atoms with Crippen molar-refractivity contribution in [3.05, 3.63) is 35.4 Å². The van der Waals surface area contributed by atoms with Gasteiger partial charge in [0, 0.05) is 23.3 Å². The number of ether oxygens (including phenoxy) is 1. The van der Waals surface area contributed by atoms with Crippen LogP contribution in [-0.2, 0) is 16.1 Å². The van der Waals surface area contributed by atoms with E-state index in [0.717, 1.165) is 12.0 Å². The van der Waals surface area contributed by atoms with Gasteiger partial charge in [0.05, 0.1) is 18.8 Å². The third-order valence-electron chi connectivity index (χ3n) is 4.11. The fraction of sp³-hybridized carbons (Fsp3) is 0.412. The van der Waals surface area contributed by atoms with Gasteiger partial charge >= 0.3 is 0 Å². The molecule has 0 aliphatic carbocycles. The Morgan fingerprint density at radius 2 is 2.33 bits per heavy atom. The van der Waals surface area contributed by atoms with Gasteiger partial charge < -0.3 is 15.2 Å². The summed E-state index contributed by atoms with van der Waals surface area (Å²) in [6, 6.07) is 9.11. The molecule has 1 saturated heterocycles. The lowest BCUT2D eigenvalue weighted by Gasteiger charge is -2.14. The molecule has 0 saturated carbocycles. The van der Waals surface area contributed by atoms with E-state index in [-0.39, 0.29) is 25.0 Å². The quantitative estimate of drug-likeness (QED) is 0.869. The summed E-state index contributed by atoms with van der Waals surface area (Å²) in [5.41, 5.74) is 1.53. The number of carbonyl (C=O) groups excluding carboxylic acids is 1. The fourth-order valence-corrected chi connectivity index (χ4v) is 2.99. The van der Waals surface area contributed by atoms with E-state index in [2.05, 4.69) is 10.4 Å². The van der Waals surface area contributed by atoms with Crippen molar-refractivity contribution < 1.29 is 14.6 Å². The topological polar surface area (TPSA) is 76.4 Å². The normalized spacial score (nSPS) is 20.3. The molecule has 2 aromatic rings. The number of nitrogens with zero attached hydrogens (tertiary/aromatic N) is 2. The van der Waals surface area contributed by atoms with Crippen LogP contribution in [0.4, 0.5) is 5.82 Å². The van der Waals surface area contributed by atoms with Gasteiger partial charge in [-0.2, -0.15) is 5.10 Å². The maximum absolute atomic E-state index is 12.4. The van der Waals surface area contributed by atoms with Crippen molar-refractivity contribution >= 4 is 23.3 Å². The predicted octanol–water partition coefficient (Wildman–Crippen LogP) is 2.56. The molecule has 2 heterocycles. The van der Waals surface area contributed by atoms with Gasteiger partial charge in [0.15, 0.2) is 0 Å². The predicted molar refractivity (Wildman–Crippen MR) is 91.9 cm³/mol. The standard InChI is InChI=1S/C17H20ClN3O3/c1-11-5-8-24-16(11)17(23)19-15-10-14(20-21(15)6-7-22)12-3-2-4-13(18)9-12/h2-4,9-11,16,22H,5-8H2,1H3,(H,19,23). The first-order chi connectivity index (χ1) is 11.6. The number of hydrogen-bond donors (Lipinski definition) is 2. The number of hydrogen-bond acceptors (Lipinski definition) is 4. The molecule has 1 aromatic carbocycles. The van der Waals surface area contributed by atoms with E-state index in [1.54, 1.807) is 22.9 Å². The van der Waals surface area contributed by atoms with Crippen molar-refractivity contribution in [3.63, 3.8) is 0 Å². The molecule has 6 nitrogen and oxygen atoms in total. The number of nitrogens with one attached hydrogen (secondary N) is 1. The first-order valence-corrected chi connectivity index (χ1v) is 8.33. The van der Waals surface area contributed by atoms with E-state index in [1.807, 2.05) is 19.1 Å². The molecule has 128 valence electrons. The van der Waals surface area contributed by atoms with Crippen LogP contribution in [0.2, 0.25) is 5.02 Å². The molecule has 1 aromatic heterocycles. The zero-order chi connectivity index (χ0) is 17.1. The molecule has 1 amide bonds. The molecular weight excluding hydrogens is 330 g/mol. The fourth-order valence-electron chi connectivity index (χ4n) is 2.80. The molecule has 0 bridgehead atoms. The smallest absolute Gasteiger partial charge is 0.254 e. The van der Waals surface area contributed by atoms with Gasteiger partial charge in [-0.05, 0) is 24.5 Å². The highest BCUT2D eigenvalue weighted by atomic mass is 35.5. The third kappa shape index (κ3) is 3.61. The second-order valence-corrected chi connectivity index (χ2v) is 6.35. The average Bonchev–Trinajstić information content (AvgIpc) is 3.14. The van der Waals surface area contributed by atoms with E-state index in [0.29, 0.717) is 23.1 Å². The highest BCUT2D eigenvalue weighted by Gasteiger charge is 2.31. The number of benzene rings is 1. The van der Waals surface area contributed by atoms with Crippen molar-refractivity contribution in [2.24, 2.45) is 5.92 Å². The molecule has 0 radical (unpaired) electrons. The second-order valence-electron chi connectivity index (χ2n) is 5.92. The van der Waals surface area contributed by atoms with Crippen LogP contribution >= 0.6 is 11.6 Å². The zero-order valence-electron chi connectivity index (χ0n) is 13.4. The van der Waals surface area contributed by atoms with Gasteiger partial charge in [-0.25, -0.2) is 4.68 Å². The molecule has 1 aliphatic heterocycles. The van der Waals surface area contributed by atoms with Crippen LogP contribution in [0.5, 0.6) is 0 Å². The van der Waals surface area contributed by atoms with E-state index < -0.39 is 6.10 Å². The first-order valence-electron chi connectivity index (χ1n) is 7.95. The summed E-state index contributed by atoms with van der Waals surface area (Å²) in [6.07, 6.45) is 0.430. The van der Waals surface area contributed by atoms with Crippen LogP contribution in [0.15, 0.2) is 30.3 Å². The van der Waals surface area contributed by atoms with E-state index in [4.69, 9.17) is 16.3 Å². The number of amides is 1. The number of carbonyl (C=O) groups is 1. The van der Waals surface area contributed by atoms with Crippen LogP contribution in [0.25, 0.3) is 11.3 Å². The maximum Gasteiger partial charge on any atom is 0.254 e. The summed E-state index contributed by atoms with van der Waals surface area (Å²) in [4.78, 5) is 12.4. The van der Waals surface area contributed by atoms with E-state index in [1.165, 1.54) is 0 Å². The molecule has 2 N–H and O–H groups in total. The molecule has 0 spiro atoms. The number of aromatic nitrogens is 2. The summed E-state index contributed by atoms with van der Waals surface area (Å²) in [6.45, 7) is 2.82. The second kappa shape index (κ2) is 7.34. The van der Waals surface area contributed by atoms with Gasteiger partial charge in [0.25, 0.3) is 5.91 Å². The highest BCUT2D eigenvalue weighted by Crippen LogP contribution is 2.26. The SMILES string of the molecule is CC1CCOC1C(=O)Nc1cc(-c2cccc(Cl)c2)nn1CCO. The van der Waals surface area contributed by atoms with Crippen LogP contribution in [-0.4, -0.2) is 40.1 Å². The van der Waals surface area contributed by atoms with E-state index in [9.17, 15) is 9.90 Å². The Balaban J connectivity index is 1.85. The Hall–Kier alpha value is -1.89. The number of aliphatic hydroxyl groups excluding tert-OH is 1. The lowest BCUT2D eigenvalue weighted by molar-refractivity contribution is -0.126. The summed E-state index contributed by atoms with van der Waals surface area (Å²) in [7, 11) is 0. The Bertz CT molecular complexity index is 732. The largest absolute Gasteiger partial charge is 0.394 e. The van der Waals surface area contributed by atoms with Crippen molar-refractivity contribution in [1.82, 2.24) is 9.78 Å². The van der Waals surface area contributed by atoms with Crippen molar-refractivity contribution in [2.75, 3.05) is 18.5 Å². The molecule has 24 heavy (non-hydrogen) atoms. The molecule has 7 heteroatoms. The molecular formula is C17H20ClN3O3. The highest BCUT2D eigenvalue weighted by molar-refractivity contribution is 6.30. The summed E-state index contributed by atoms with van der Waals surface area (Å²) >= 11 is 6.03. The van der Waals surface area contributed by atoms with Crippen LogP contribution in [0, 0.1) is 5.92 Å². The van der Waals surface area contributed by atoms with Crippen molar-refractivity contribution in [3.8, 4) is 11.3 Å². The summed E-state index contributed by atoms with van der Waals surface area (Å²) in [5.74, 6) is 0.537. The molecule has 3 rings (SSSR count).